The molecule has 0 aliphatic carbocycles. The number of halogens is 3. The molecule has 0 spiro atoms. The number of nitrogens with two attached hydrogens (primary N) is 1. The molecule has 0 radical (unpaired) electrons. The van der Waals surface area contributed by atoms with Gasteiger partial charge in [-0.3, -0.25) is 4.98 Å². The molecular weight excluding hydrogens is 257 g/mol. The van der Waals surface area contributed by atoms with Gasteiger partial charge in [-0.2, -0.15) is 13.2 Å². The lowest BCUT2D eigenvalue weighted by atomic mass is 9.81. The minimum Gasteiger partial charge on any atom is -0.379 e. The number of alkyl halides is 3. The van der Waals surface area contributed by atoms with Crippen LogP contribution >= 0.6 is 0 Å². The van der Waals surface area contributed by atoms with Crippen molar-refractivity contribution in [2.24, 2.45) is 11.1 Å². The van der Waals surface area contributed by atoms with E-state index in [2.05, 4.69) is 4.98 Å². The number of aromatic nitrogens is 1. The molecule has 6 heteroatoms. The Bertz CT molecular complexity index is 427. The van der Waals surface area contributed by atoms with Crippen molar-refractivity contribution in [1.29, 1.82) is 0 Å². The maximum absolute atomic E-state index is 12.9. The quantitative estimate of drug-likeness (QED) is 0.922. The van der Waals surface area contributed by atoms with E-state index >= 15 is 0 Å². The minimum atomic E-state index is -4.45. The molecule has 2 N–H and O–H groups in total. The van der Waals surface area contributed by atoms with Gasteiger partial charge < -0.3 is 10.5 Å². The zero-order valence-corrected chi connectivity index (χ0v) is 11.5. The molecule has 2 unspecified atom stereocenters. The predicted octanol–water partition coefficient (Wildman–Crippen LogP) is 3.16. The second kappa shape index (κ2) is 5.46. The highest BCUT2D eigenvalue weighted by atomic mass is 19.4. The molecule has 0 saturated carbocycles. The Morgan fingerprint density at radius 2 is 1.84 bits per heavy atom. The molecule has 0 amide bonds. The molecule has 1 rings (SSSR count). The molecule has 3 nitrogen and oxygen atoms in total. The summed E-state index contributed by atoms with van der Waals surface area (Å²) in [7, 11) is 1.44. The van der Waals surface area contributed by atoms with Crippen molar-refractivity contribution in [3.05, 3.63) is 29.6 Å². The zero-order chi connectivity index (χ0) is 14.8. The number of hydrogen-bond donors (Lipinski definition) is 1. The largest absolute Gasteiger partial charge is 0.416 e. The van der Waals surface area contributed by atoms with Crippen LogP contribution in [0, 0.1) is 5.41 Å². The van der Waals surface area contributed by atoms with Crippen molar-refractivity contribution < 1.29 is 17.9 Å². The number of nitrogens with zero attached hydrogens (tertiary/aromatic N) is 1. The second-order valence-corrected chi connectivity index (χ2v) is 5.51. The molecule has 108 valence electrons. The Morgan fingerprint density at radius 3 is 2.26 bits per heavy atom. The van der Waals surface area contributed by atoms with Gasteiger partial charge in [-0.25, -0.2) is 0 Å². The Balaban J connectivity index is 3.23. The number of rotatable bonds is 3. The van der Waals surface area contributed by atoms with Gasteiger partial charge >= 0.3 is 6.18 Å². The SMILES string of the molecule is COC(C(N)c1cnccc1C(F)(F)F)C(C)(C)C. The van der Waals surface area contributed by atoms with E-state index in [4.69, 9.17) is 10.5 Å². The third kappa shape index (κ3) is 3.67. The molecule has 0 aliphatic heterocycles. The summed E-state index contributed by atoms with van der Waals surface area (Å²) in [6, 6.07) is 0.0419. The van der Waals surface area contributed by atoms with Gasteiger partial charge in [0.25, 0.3) is 0 Å². The second-order valence-electron chi connectivity index (χ2n) is 5.51. The van der Waals surface area contributed by atoms with E-state index in [-0.39, 0.29) is 11.0 Å². The van der Waals surface area contributed by atoms with Gasteiger partial charge in [0.1, 0.15) is 0 Å². The summed E-state index contributed by atoms with van der Waals surface area (Å²) in [6.07, 6.45) is -2.73. The van der Waals surface area contributed by atoms with Crippen molar-refractivity contribution in [3.63, 3.8) is 0 Å². The molecule has 2 atom stereocenters. The maximum Gasteiger partial charge on any atom is 0.416 e. The van der Waals surface area contributed by atoms with Crippen LogP contribution in [0.5, 0.6) is 0 Å². The van der Waals surface area contributed by atoms with Crippen LogP contribution in [0.2, 0.25) is 0 Å². The first-order valence-electron chi connectivity index (χ1n) is 5.88. The molecule has 0 fully saturated rings. The van der Waals surface area contributed by atoms with Crippen molar-refractivity contribution >= 4 is 0 Å². The van der Waals surface area contributed by atoms with Crippen molar-refractivity contribution in [3.8, 4) is 0 Å². The van der Waals surface area contributed by atoms with E-state index in [0.717, 1.165) is 18.5 Å². The van der Waals surface area contributed by atoms with Crippen LogP contribution in [0.1, 0.15) is 37.9 Å². The van der Waals surface area contributed by atoms with E-state index in [1.54, 1.807) is 0 Å². The standard InChI is InChI=1S/C13H19F3N2O/c1-12(2,3)11(19-4)10(17)8-7-18-6-5-9(8)13(14,15)16/h5-7,10-11H,17H2,1-4H3. The molecule has 19 heavy (non-hydrogen) atoms. The Labute approximate surface area is 111 Å². The molecule has 0 bridgehead atoms. The summed E-state index contributed by atoms with van der Waals surface area (Å²) < 4.78 is 44.1. The van der Waals surface area contributed by atoms with Crippen molar-refractivity contribution in [2.45, 2.75) is 39.1 Å². The molecule has 1 aromatic rings. The van der Waals surface area contributed by atoms with Gasteiger partial charge in [0.2, 0.25) is 0 Å². The monoisotopic (exact) mass is 276 g/mol. The summed E-state index contributed by atoms with van der Waals surface area (Å²) in [5.41, 5.74) is 4.78. The molecular formula is C13H19F3N2O. The zero-order valence-electron chi connectivity index (χ0n) is 11.5. The minimum absolute atomic E-state index is 0.0447. The van der Waals surface area contributed by atoms with Crippen LogP contribution in [0.25, 0.3) is 0 Å². The first-order valence-corrected chi connectivity index (χ1v) is 5.88. The highest BCUT2D eigenvalue weighted by Crippen LogP contribution is 2.37. The Hall–Kier alpha value is -1.14. The van der Waals surface area contributed by atoms with Crippen LogP contribution in [0.15, 0.2) is 18.5 Å². The fourth-order valence-electron chi connectivity index (χ4n) is 2.13. The number of pyridine rings is 1. The van der Waals surface area contributed by atoms with Gasteiger partial charge in [0.15, 0.2) is 0 Å². The maximum atomic E-state index is 12.9. The summed E-state index contributed by atoms with van der Waals surface area (Å²) in [6.45, 7) is 5.60. The Morgan fingerprint density at radius 1 is 1.26 bits per heavy atom. The smallest absolute Gasteiger partial charge is 0.379 e. The number of hydrogen-bond acceptors (Lipinski definition) is 3. The van der Waals surface area contributed by atoms with Gasteiger partial charge in [0, 0.05) is 25.1 Å². The molecule has 1 heterocycles. The topological polar surface area (TPSA) is 48.1 Å². The molecule has 0 aliphatic rings. The highest BCUT2D eigenvalue weighted by Gasteiger charge is 2.39. The van der Waals surface area contributed by atoms with Crippen LogP contribution in [0.3, 0.4) is 0 Å². The number of ether oxygens (including phenoxy) is 1. The molecule has 0 saturated heterocycles. The normalized spacial score (nSPS) is 16.2. The fourth-order valence-corrected chi connectivity index (χ4v) is 2.13. The summed E-state index contributed by atoms with van der Waals surface area (Å²) in [5.74, 6) is 0. The summed E-state index contributed by atoms with van der Waals surface area (Å²) >= 11 is 0. The lowest BCUT2D eigenvalue weighted by molar-refractivity contribution is -0.139. The first-order chi connectivity index (χ1) is 8.59. The number of methoxy groups -OCH3 is 1. The van der Waals surface area contributed by atoms with Crippen LogP contribution in [0.4, 0.5) is 13.2 Å². The first kappa shape index (κ1) is 15.9. The average Bonchev–Trinajstić information content (AvgIpc) is 2.26. The fraction of sp³-hybridized carbons (Fsp3) is 0.615. The van der Waals surface area contributed by atoms with Crippen LogP contribution in [-0.2, 0) is 10.9 Å². The summed E-state index contributed by atoms with van der Waals surface area (Å²) in [4.78, 5) is 3.74. The van der Waals surface area contributed by atoms with Gasteiger partial charge in [-0.15, -0.1) is 0 Å². The van der Waals surface area contributed by atoms with E-state index < -0.39 is 23.9 Å². The van der Waals surface area contributed by atoms with Crippen LogP contribution in [-0.4, -0.2) is 18.2 Å². The van der Waals surface area contributed by atoms with Crippen LogP contribution < -0.4 is 5.73 Å². The predicted molar refractivity (Wildman–Crippen MR) is 66.4 cm³/mol. The molecule has 1 aromatic heterocycles. The van der Waals surface area contributed by atoms with Gasteiger partial charge in [0.05, 0.1) is 17.7 Å². The third-order valence-electron chi connectivity index (χ3n) is 2.95. The highest BCUT2D eigenvalue weighted by molar-refractivity contribution is 5.30. The molecule has 0 aromatic carbocycles. The van der Waals surface area contributed by atoms with E-state index in [1.165, 1.54) is 7.11 Å². The Kier molecular flexibility index (Phi) is 4.58. The lowest BCUT2D eigenvalue weighted by Gasteiger charge is -2.34. The van der Waals surface area contributed by atoms with E-state index in [0.29, 0.717) is 0 Å². The third-order valence-corrected chi connectivity index (χ3v) is 2.95. The lowest BCUT2D eigenvalue weighted by Crippen LogP contribution is -2.39. The van der Waals surface area contributed by atoms with E-state index in [9.17, 15) is 13.2 Å². The van der Waals surface area contributed by atoms with Crippen molar-refractivity contribution in [1.82, 2.24) is 4.98 Å². The van der Waals surface area contributed by atoms with E-state index in [1.807, 2.05) is 20.8 Å². The van der Waals surface area contributed by atoms with Crippen molar-refractivity contribution in [2.75, 3.05) is 7.11 Å². The van der Waals surface area contributed by atoms with Gasteiger partial charge in [-0.1, -0.05) is 20.8 Å². The average molecular weight is 276 g/mol. The van der Waals surface area contributed by atoms with Gasteiger partial charge in [-0.05, 0) is 11.5 Å². The summed E-state index contributed by atoms with van der Waals surface area (Å²) in [5, 5.41) is 0.